The first kappa shape index (κ1) is 26.4. The van der Waals surface area contributed by atoms with Crippen molar-refractivity contribution in [2.75, 3.05) is 26.2 Å². The van der Waals surface area contributed by atoms with Crippen molar-refractivity contribution >= 4 is 18.0 Å². The number of carbonyl (C=O) groups is 3. The number of carbonyl (C=O) groups excluding carboxylic acids is 2. The van der Waals surface area contributed by atoms with Gasteiger partial charge in [-0.05, 0) is 40.7 Å². The van der Waals surface area contributed by atoms with Gasteiger partial charge in [0.05, 0.1) is 0 Å². The molecule has 2 aliphatic rings. The zero-order valence-electron chi connectivity index (χ0n) is 21.8. The molecule has 2 amide bonds. The molecule has 0 atom stereocenters. The second-order valence-corrected chi connectivity index (χ2v) is 10.2. The zero-order chi connectivity index (χ0) is 27.2. The number of alkyl carbamates (subject to hydrolysis) is 1. The first-order valence-corrected chi connectivity index (χ1v) is 13.3. The summed E-state index contributed by atoms with van der Waals surface area (Å²) in [5.74, 6) is -1.48. The van der Waals surface area contributed by atoms with Gasteiger partial charge in [0.25, 0.3) is 0 Å². The lowest BCUT2D eigenvalue weighted by molar-refractivity contribution is -0.150. The molecule has 0 aromatic heterocycles. The number of ether oxygens (including phenoxy) is 1. The first-order valence-electron chi connectivity index (χ1n) is 13.3. The molecule has 1 aliphatic heterocycles. The molecule has 1 aliphatic carbocycles. The molecule has 202 valence electrons. The summed E-state index contributed by atoms with van der Waals surface area (Å²) < 4.78 is 5.51. The summed E-state index contributed by atoms with van der Waals surface area (Å²) in [5, 5.41) is 15.3. The van der Waals surface area contributed by atoms with Crippen LogP contribution in [0.15, 0.2) is 78.9 Å². The Labute approximate surface area is 228 Å². The fourth-order valence-electron chi connectivity index (χ4n) is 5.58. The number of aliphatic carboxylic acids is 1. The predicted molar refractivity (Wildman–Crippen MR) is 147 cm³/mol. The molecule has 39 heavy (non-hydrogen) atoms. The molecule has 0 spiro atoms. The third kappa shape index (κ3) is 5.96. The standard InChI is InChI=1S/C31H33N3O5/c35-28(33-31(29(36)37)15-18-34(19-16-31)20-22-8-2-1-3-9-22)14-17-32-30(38)39-21-27-25-12-6-4-10-23(25)24-11-5-7-13-26(24)27/h1-13,27H,14-21H2,(H,32,38)(H,33,35)(H,36,37). The van der Waals surface area contributed by atoms with Gasteiger partial charge < -0.3 is 20.5 Å². The van der Waals surface area contributed by atoms with E-state index >= 15 is 0 Å². The Morgan fingerprint density at radius 2 is 1.46 bits per heavy atom. The molecule has 0 unspecified atom stereocenters. The summed E-state index contributed by atoms with van der Waals surface area (Å²) in [5.41, 5.74) is 4.42. The van der Waals surface area contributed by atoms with E-state index in [-0.39, 0.29) is 25.5 Å². The van der Waals surface area contributed by atoms with Crippen LogP contribution in [0.5, 0.6) is 0 Å². The normalized spacial score (nSPS) is 16.1. The highest BCUT2D eigenvalue weighted by Crippen LogP contribution is 2.44. The lowest BCUT2D eigenvalue weighted by Crippen LogP contribution is -2.60. The summed E-state index contributed by atoms with van der Waals surface area (Å²) in [6.45, 7) is 2.12. The molecule has 0 bridgehead atoms. The van der Waals surface area contributed by atoms with Crippen LogP contribution in [0.3, 0.4) is 0 Å². The number of carboxylic acids is 1. The Morgan fingerprint density at radius 3 is 2.08 bits per heavy atom. The number of hydrogen-bond donors (Lipinski definition) is 3. The van der Waals surface area contributed by atoms with E-state index < -0.39 is 23.5 Å². The Balaban J connectivity index is 1.07. The fraction of sp³-hybridized carbons (Fsp3) is 0.323. The Kier molecular flexibility index (Phi) is 7.93. The van der Waals surface area contributed by atoms with Gasteiger partial charge in [0.2, 0.25) is 5.91 Å². The van der Waals surface area contributed by atoms with Crippen LogP contribution in [0.1, 0.15) is 41.9 Å². The molecule has 0 saturated carbocycles. The van der Waals surface area contributed by atoms with Crippen molar-refractivity contribution in [1.29, 1.82) is 0 Å². The number of fused-ring (bicyclic) bond motifs is 3. The first-order chi connectivity index (χ1) is 18.9. The number of likely N-dealkylation sites (tertiary alicyclic amines) is 1. The Hall–Kier alpha value is -4.17. The quantitative estimate of drug-likeness (QED) is 0.386. The maximum atomic E-state index is 12.6. The number of rotatable bonds is 9. The third-order valence-corrected chi connectivity index (χ3v) is 7.71. The van der Waals surface area contributed by atoms with E-state index in [9.17, 15) is 19.5 Å². The van der Waals surface area contributed by atoms with Gasteiger partial charge in [-0.15, -0.1) is 0 Å². The second kappa shape index (κ2) is 11.7. The fourth-order valence-corrected chi connectivity index (χ4v) is 5.58. The molecule has 8 heteroatoms. The highest BCUT2D eigenvalue weighted by Gasteiger charge is 2.42. The summed E-state index contributed by atoms with van der Waals surface area (Å²) in [7, 11) is 0. The van der Waals surface area contributed by atoms with Gasteiger partial charge in [0.1, 0.15) is 12.1 Å². The van der Waals surface area contributed by atoms with Gasteiger partial charge in [-0.3, -0.25) is 9.69 Å². The van der Waals surface area contributed by atoms with Crippen LogP contribution in [-0.4, -0.2) is 59.8 Å². The SMILES string of the molecule is O=C(CCNC(=O)OCC1c2ccccc2-c2ccccc21)NC1(C(=O)O)CCN(Cc2ccccc2)CC1. The highest BCUT2D eigenvalue weighted by molar-refractivity contribution is 5.87. The van der Waals surface area contributed by atoms with Gasteiger partial charge in [0, 0.05) is 38.5 Å². The lowest BCUT2D eigenvalue weighted by atomic mass is 9.87. The van der Waals surface area contributed by atoms with Gasteiger partial charge in [-0.2, -0.15) is 0 Å². The number of piperidine rings is 1. The lowest BCUT2D eigenvalue weighted by Gasteiger charge is -2.39. The summed E-state index contributed by atoms with van der Waals surface area (Å²) in [6, 6.07) is 26.2. The van der Waals surface area contributed by atoms with Crippen molar-refractivity contribution in [3.05, 3.63) is 95.6 Å². The minimum atomic E-state index is -1.30. The van der Waals surface area contributed by atoms with Crippen LogP contribution in [0.4, 0.5) is 4.79 Å². The van der Waals surface area contributed by atoms with E-state index in [2.05, 4.69) is 39.8 Å². The molecule has 8 nitrogen and oxygen atoms in total. The number of hydrogen-bond acceptors (Lipinski definition) is 5. The van der Waals surface area contributed by atoms with Crippen molar-refractivity contribution in [2.24, 2.45) is 0 Å². The van der Waals surface area contributed by atoms with Crippen LogP contribution in [0, 0.1) is 0 Å². The third-order valence-electron chi connectivity index (χ3n) is 7.71. The summed E-state index contributed by atoms with van der Waals surface area (Å²) in [6.07, 6.45) is 0.000752. The van der Waals surface area contributed by atoms with Crippen LogP contribution in [-0.2, 0) is 20.9 Å². The topological polar surface area (TPSA) is 108 Å². The van der Waals surface area contributed by atoms with E-state index in [1.54, 1.807) is 0 Å². The summed E-state index contributed by atoms with van der Waals surface area (Å²) in [4.78, 5) is 39.3. The van der Waals surface area contributed by atoms with Gasteiger partial charge in [-0.25, -0.2) is 9.59 Å². The van der Waals surface area contributed by atoms with Gasteiger partial charge >= 0.3 is 12.1 Å². The van der Waals surface area contributed by atoms with Crippen LogP contribution >= 0.6 is 0 Å². The monoisotopic (exact) mass is 527 g/mol. The molecule has 1 saturated heterocycles. The summed E-state index contributed by atoms with van der Waals surface area (Å²) >= 11 is 0. The maximum absolute atomic E-state index is 12.6. The largest absolute Gasteiger partial charge is 0.480 e. The maximum Gasteiger partial charge on any atom is 0.407 e. The Morgan fingerprint density at radius 1 is 0.872 bits per heavy atom. The molecular weight excluding hydrogens is 494 g/mol. The van der Waals surface area contributed by atoms with Crippen LogP contribution < -0.4 is 10.6 Å². The number of nitrogens with zero attached hydrogens (tertiary/aromatic N) is 1. The smallest absolute Gasteiger partial charge is 0.407 e. The molecule has 3 aromatic rings. The molecule has 5 rings (SSSR count). The van der Waals surface area contributed by atoms with E-state index in [1.807, 2.05) is 54.6 Å². The van der Waals surface area contributed by atoms with Crippen molar-refractivity contribution < 1.29 is 24.2 Å². The highest BCUT2D eigenvalue weighted by atomic mass is 16.5. The van der Waals surface area contributed by atoms with Crippen molar-refractivity contribution in [2.45, 2.75) is 37.3 Å². The van der Waals surface area contributed by atoms with Crippen LogP contribution in [0.25, 0.3) is 11.1 Å². The van der Waals surface area contributed by atoms with E-state index in [0.29, 0.717) is 25.9 Å². The predicted octanol–water partition coefficient (Wildman–Crippen LogP) is 4.15. The average Bonchev–Trinajstić information content (AvgIpc) is 3.27. The van der Waals surface area contributed by atoms with Crippen LogP contribution in [0.2, 0.25) is 0 Å². The molecule has 3 N–H and O–H groups in total. The minimum absolute atomic E-state index is 0.0348. The van der Waals surface area contributed by atoms with Crippen molar-refractivity contribution in [3.63, 3.8) is 0 Å². The average molecular weight is 528 g/mol. The number of carboxylic acid groups (broad SMARTS) is 1. The van der Waals surface area contributed by atoms with Crippen molar-refractivity contribution in [1.82, 2.24) is 15.5 Å². The van der Waals surface area contributed by atoms with E-state index in [0.717, 1.165) is 28.8 Å². The van der Waals surface area contributed by atoms with Crippen molar-refractivity contribution in [3.8, 4) is 11.1 Å². The molecular formula is C31H33N3O5. The number of amides is 2. The molecule has 1 fully saturated rings. The van der Waals surface area contributed by atoms with Gasteiger partial charge in [0.15, 0.2) is 0 Å². The second-order valence-electron chi connectivity index (χ2n) is 10.2. The van der Waals surface area contributed by atoms with Gasteiger partial charge in [-0.1, -0.05) is 78.9 Å². The molecule has 0 radical (unpaired) electrons. The number of nitrogens with one attached hydrogen (secondary N) is 2. The van der Waals surface area contributed by atoms with E-state index in [1.165, 1.54) is 5.56 Å². The molecule has 1 heterocycles. The number of benzene rings is 3. The Bertz CT molecular complexity index is 1290. The van der Waals surface area contributed by atoms with E-state index in [4.69, 9.17) is 4.74 Å². The zero-order valence-corrected chi connectivity index (χ0v) is 21.8. The minimum Gasteiger partial charge on any atom is -0.480 e. The molecule has 3 aromatic carbocycles.